The van der Waals surface area contributed by atoms with E-state index in [0.29, 0.717) is 0 Å². The average molecular weight is 340 g/mol. The van der Waals surface area contributed by atoms with Crippen molar-refractivity contribution in [3.05, 3.63) is 72.9 Å². The highest BCUT2D eigenvalue weighted by molar-refractivity contribution is 6.11. The van der Waals surface area contributed by atoms with Crippen LogP contribution in [-0.2, 0) is 0 Å². The highest BCUT2D eigenvalue weighted by Gasteiger charge is 2.12. The average Bonchev–Trinajstić information content (AvgIpc) is 3.33. The molecule has 0 saturated carbocycles. The fraction of sp³-hybridized carbons (Fsp3) is 0.0476. The van der Waals surface area contributed by atoms with E-state index in [0.717, 1.165) is 33.7 Å². The fourth-order valence-electron chi connectivity index (χ4n) is 3.33. The molecule has 0 aliphatic carbocycles. The molecule has 5 nitrogen and oxygen atoms in total. The van der Waals surface area contributed by atoms with Crippen LogP contribution < -0.4 is 4.74 Å². The van der Waals surface area contributed by atoms with Gasteiger partial charge in [0.15, 0.2) is 0 Å². The minimum Gasteiger partial charge on any atom is -0.497 e. The van der Waals surface area contributed by atoms with Crippen molar-refractivity contribution in [2.75, 3.05) is 7.11 Å². The summed E-state index contributed by atoms with van der Waals surface area (Å²) < 4.78 is 6.98. The Morgan fingerprint density at radius 2 is 1.69 bits per heavy atom. The number of H-pyrrole nitrogens is 1. The van der Waals surface area contributed by atoms with E-state index in [1.165, 1.54) is 10.8 Å². The van der Waals surface area contributed by atoms with Crippen molar-refractivity contribution in [2.45, 2.75) is 0 Å². The Kier molecular flexibility index (Phi) is 3.25. The summed E-state index contributed by atoms with van der Waals surface area (Å²) in [6.45, 7) is 0. The molecular formula is C21H16N4O. The molecule has 5 rings (SSSR count). The van der Waals surface area contributed by atoms with E-state index in [-0.39, 0.29) is 0 Å². The van der Waals surface area contributed by atoms with Crippen LogP contribution in [0.15, 0.2) is 72.9 Å². The first-order chi connectivity index (χ1) is 12.8. The number of nitrogens with one attached hydrogen (secondary N) is 1. The van der Waals surface area contributed by atoms with Crippen LogP contribution >= 0.6 is 0 Å². The Morgan fingerprint density at radius 3 is 2.54 bits per heavy atom. The molecule has 0 bridgehead atoms. The summed E-state index contributed by atoms with van der Waals surface area (Å²) in [5.41, 5.74) is 5.01. The summed E-state index contributed by atoms with van der Waals surface area (Å²) in [6, 6.07) is 22.3. The lowest BCUT2D eigenvalue weighted by Gasteiger charge is -2.02. The van der Waals surface area contributed by atoms with Gasteiger partial charge in [-0.2, -0.15) is 0 Å². The predicted molar refractivity (Wildman–Crippen MR) is 103 cm³/mol. The van der Waals surface area contributed by atoms with Crippen LogP contribution in [0.5, 0.6) is 5.75 Å². The lowest BCUT2D eigenvalue weighted by molar-refractivity contribution is 0.414. The van der Waals surface area contributed by atoms with Crippen molar-refractivity contribution in [3.8, 4) is 22.7 Å². The number of aromatic amines is 1. The van der Waals surface area contributed by atoms with Crippen LogP contribution in [0.25, 0.3) is 38.8 Å². The molecule has 0 amide bonds. The molecule has 0 atom stereocenters. The highest BCUT2D eigenvalue weighted by atomic mass is 16.5. The Balaban J connectivity index is 1.63. The van der Waals surface area contributed by atoms with Crippen LogP contribution in [0, 0.1) is 0 Å². The molecule has 5 heteroatoms. The molecule has 5 aromatic rings. The second kappa shape index (κ2) is 5.74. The molecule has 0 unspecified atom stereocenters. The van der Waals surface area contributed by atoms with Gasteiger partial charge in [0.25, 0.3) is 0 Å². The number of fused-ring (bicyclic) bond motifs is 3. The number of aromatic nitrogens is 4. The van der Waals surface area contributed by atoms with Crippen LogP contribution in [0.2, 0.25) is 0 Å². The zero-order chi connectivity index (χ0) is 17.5. The van der Waals surface area contributed by atoms with E-state index >= 15 is 0 Å². The van der Waals surface area contributed by atoms with Gasteiger partial charge in [0.1, 0.15) is 11.4 Å². The summed E-state index contributed by atoms with van der Waals surface area (Å²) in [7, 11) is 1.66. The monoisotopic (exact) mass is 340 g/mol. The van der Waals surface area contributed by atoms with Gasteiger partial charge in [-0.25, -0.2) is 4.68 Å². The second-order valence-corrected chi connectivity index (χ2v) is 6.15. The maximum Gasteiger partial charge on any atom is 0.119 e. The van der Waals surface area contributed by atoms with Crippen molar-refractivity contribution < 1.29 is 4.74 Å². The van der Waals surface area contributed by atoms with Crippen molar-refractivity contribution in [1.29, 1.82) is 0 Å². The molecule has 0 aliphatic heterocycles. The molecule has 0 spiro atoms. The third-order valence-electron chi connectivity index (χ3n) is 4.65. The molecule has 0 saturated heterocycles. The molecule has 0 fully saturated rings. The van der Waals surface area contributed by atoms with E-state index < -0.39 is 0 Å². The Hall–Kier alpha value is -3.60. The first kappa shape index (κ1) is 14.7. The van der Waals surface area contributed by atoms with E-state index in [4.69, 9.17) is 4.74 Å². The number of methoxy groups -OCH3 is 1. The van der Waals surface area contributed by atoms with Gasteiger partial charge >= 0.3 is 0 Å². The lowest BCUT2D eigenvalue weighted by Crippen LogP contribution is -1.94. The van der Waals surface area contributed by atoms with Crippen molar-refractivity contribution in [2.24, 2.45) is 0 Å². The highest BCUT2D eigenvalue weighted by Crippen LogP contribution is 2.32. The number of benzene rings is 3. The third-order valence-corrected chi connectivity index (χ3v) is 4.65. The fourth-order valence-corrected chi connectivity index (χ4v) is 3.33. The number of hydrogen-bond acceptors (Lipinski definition) is 3. The maximum absolute atomic E-state index is 5.21. The zero-order valence-electron chi connectivity index (χ0n) is 14.2. The number of hydrogen-bond donors (Lipinski definition) is 1. The molecular weight excluding hydrogens is 324 g/mol. The van der Waals surface area contributed by atoms with Gasteiger partial charge in [-0.15, -0.1) is 5.10 Å². The van der Waals surface area contributed by atoms with Gasteiger partial charge in [0.2, 0.25) is 0 Å². The molecule has 2 heterocycles. The van der Waals surface area contributed by atoms with E-state index in [1.54, 1.807) is 11.8 Å². The van der Waals surface area contributed by atoms with Gasteiger partial charge in [-0.3, -0.25) is 0 Å². The van der Waals surface area contributed by atoms with Crippen LogP contribution in [0.3, 0.4) is 0 Å². The first-order valence-electron chi connectivity index (χ1n) is 8.40. The van der Waals surface area contributed by atoms with Gasteiger partial charge in [-0.1, -0.05) is 41.6 Å². The SMILES string of the molecule is COc1ccc(-n2cc(-c3cccc4c3[nH]c3ccccc34)nn2)cc1. The smallest absolute Gasteiger partial charge is 0.119 e. The summed E-state index contributed by atoms with van der Waals surface area (Å²) in [5.74, 6) is 0.817. The number of para-hydroxylation sites is 2. The van der Waals surface area contributed by atoms with E-state index in [1.807, 2.05) is 36.5 Å². The van der Waals surface area contributed by atoms with E-state index in [2.05, 4.69) is 51.7 Å². The summed E-state index contributed by atoms with van der Waals surface area (Å²) in [5, 5.41) is 11.1. The minimum absolute atomic E-state index is 0.817. The zero-order valence-corrected chi connectivity index (χ0v) is 14.2. The Labute approximate surface area is 149 Å². The lowest BCUT2D eigenvalue weighted by atomic mass is 10.1. The largest absolute Gasteiger partial charge is 0.497 e. The van der Waals surface area contributed by atoms with Gasteiger partial charge in [0, 0.05) is 21.9 Å². The predicted octanol–water partition coefficient (Wildman–Crippen LogP) is 4.58. The van der Waals surface area contributed by atoms with Crippen molar-refractivity contribution in [1.82, 2.24) is 20.0 Å². The van der Waals surface area contributed by atoms with Gasteiger partial charge < -0.3 is 9.72 Å². The Morgan fingerprint density at radius 1 is 0.885 bits per heavy atom. The van der Waals surface area contributed by atoms with Crippen LogP contribution in [0.1, 0.15) is 0 Å². The summed E-state index contributed by atoms with van der Waals surface area (Å²) in [4.78, 5) is 3.52. The normalized spacial score (nSPS) is 11.3. The minimum atomic E-state index is 0.817. The summed E-state index contributed by atoms with van der Waals surface area (Å²) >= 11 is 0. The molecule has 1 N–H and O–H groups in total. The molecule has 2 aromatic heterocycles. The molecule has 126 valence electrons. The number of ether oxygens (including phenoxy) is 1. The number of rotatable bonds is 3. The Bertz CT molecular complexity index is 1220. The van der Waals surface area contributed by atoms with Crippen molar-refractivity contribution >= 4 is 21.8 Å². The first-order valence-corrected chi connectivity index (χ1v) is 8.40. The van der Waals surface area contributed by atoms with Gasteiger partial charge in [0.05, 0.1) is 24.5 Å². The standard InChI is InChI=1S/C21H16N4O/c1-26-15-11-9-14(10-12-15)25-13-20(23-24-25)18-7-4-6-17-16-5-2-3-8-19(16)22-21(17)18/h2-13,22H,1H3. The topological polar surface area (TPSA) is 55.7 Å². The molecule has 0 aliphatic rings. The number of nitrogens with zero attached hydrogens (tertiary/aromatic N) is 3. The van der Waals surface area contributed by atoms with Crippen molar-refractivity contribution in [3.63, 3.8) is 0 Å². The molecule has 3 aromatic carbocycles. The quantitative estimate of drug-likeness (QED) is 0.523. The molecule has 26 heavy (non-hydrogen) atoms. The van der Waals surface area contributed by atoms with Gasteiger partial charge in [-0.05, 0) is 30.3 Å². The van der Waals surface area contributed by atoms with Crippen LogP contribution in [0.4, 0.5) is 0 Å². The van der Waals surface area contributed by atoms with E-state index in [9.17, 15) is 0 Å². The van der Waals surface area contributed by atoms with Crippen LogP contribution in [-0.4, -0.2) is 27.1 Å². The molecule has 0 radical (unpaired) electrons. The third kappa shape index (κ3) is 2.25. The maximum atomic E-state index is 5.21. The summed E-state index contributed by atoms with van der Waals surface area (Å²) in [6.07, 6.45) is 1.95. The second-order valence-electron chi connectivity index (χ2n) is 6.15.